The zero-order chi connectivity index (χ0) is 33.2. The molecule has 0 aromatic heterocycles. The maximum Gasteiger partial charge on any atom is 0.160 e. The molecule has 4 nitrogen and oxygen atoms in total. The van der Waals surface area contributed by atoms with E-state index in [2.05, 4.69) is 36.4 Å². The molecule has 0 saturated carbocycles. The number of phenolic OH excluding ortho intramolecular Hbond substituents is 4. The number of allylic oxidation sites excluding steroid dienone is 12. The second-order valence-electron chi connectivity index (χ2n) is 12.0. The fourth-order valence-corrected chi connectivity index (χ4v) is 5.61. The van der Waals surface area contributed by atoms with Crippen molar-refractivity contribution in [3.05, 3.63) is 120 Å². The average Bonchev–Trinajstić information content (AvgIpc) is 3.05. The Bertz CT molecular complexity index is 1290. The standard InChI is InChI=1S/C42H58O4/c1-3-5-7-9-10-11-12-13-14-15-16-19-25-30-37-33-38(34-40(44)42(37)46)35(27-22-18-8-6-4-2)28-23-20-17-21-24-29-36-31-26-32-39(43)41(36)45/h3-11,18,22,26-27,31-35,43-46H,12-17,19-21,23-25,28-30H2,1-2H3/b5-3-,6-4-,9-7+,11-10-,18-8+,27-22+. The molecule has 4 N–H and O–H groups in total. The molecule has 0 saturated heterocycles. The van der Waals surface area contributed by atoms with Gasteiger partial charge in [0.1, 0.15) is 0 Å². The van der Waals surface area contributed by atoms with Crippen molar-refractivity contribution < 1.29 is 20.4 Å². The predicted octanol–water partition coefficient (Wildman–Crippen LogP) is 11.8. The molecule has 0 aliphatic rings. The van der Waals surface area contributed by atoms with Gasteiger partial charge in [0.15, 0.2) is 23.0 Å². The number of para-hydroxylation sites is 1. The molecule has 4 heteroatoms. The summed E-state index contributed by atoms with van der Waals surface area (Å²) in [5, 5.41) is 41.0. The Morgan fingerprint density at radius 1 is 0.543 bits per heavy atom. The van der Waals surface area contributed by atoms with Crippen molar-refractivity contribution in [2.45, 2.75) is 116 Å². The second kappa shape index (κ2) is 24.3. The van der Waals surface area contributed by atoms with Gasteiger partial charge in [0.05, 0.1) is 0 Å². The monoisotopic (exact) mass is 626 g/mol. The van der Waals surface area contributed by atoms with E-state index in [0.29, 0.717) is 0 Å². The predicted molar refractivity (Wildman–Crippen MR) is 196 cm³/mol. The van der Waals surface area contributed by atoms with Crippen LogP contribution in [0.25, 0.3) is 0 Å². The Labute approximate surface area is 278 Å². The number of aromatic hydroxyl groups is 4. The molecule has 0 amide bonds. The molecule has 0 spiro atoms. The first-order valence-corrected chi connectivity index (χ1v) is 17.4. The molecule has 0 radical (unpaired) electrons. The lowest BCUT2D eigenvalue weighted by molar-refractivity contribution is 0.397. The summed E-state index contributed by atoms with van der Waals surface area (Å²) in [4.78, 5) is 0. The van der Waals surface area contributed by atoms with Gasteiger partial charge in [0.2, 0.25) is 0 Å². The van der Waals surface area contributed by atoms with Gasteiger partial charge in [-0.15, -0.1) is 0 Å². The van der Waals surface area contributed by atoms with E-state index in [-0.39, 0.29) is 28.9 Å². The van der Waals surface area contributed by atoms with Gasteiger partial charge in [0, 0.05) is 5.92 Å². The Morgan fingerprint density at radius 2 is 1.11 bits per heavy atom. The van der Waals surface area contributed by atoms with E-state index in [1.807, 2.05) is 62.4 Å². The van der Waals surface area contributed by atoms with E-state index in [0.717, 1.165) is 87.3 Å². The van der Waals surface area contributed by atoms with Crippen LogP contribution in [0.3, 0.4) is 0 Å². The van der Waals surface area contributed by atoms with Crippen molar-refractivity contribution in [3.8, 4) is 23.0 Å². The third-order valence-electron chi connectivity index (χ3n) is 8.28. The lowest BCUT2D eigenvalue weighted by Crippen LogP contribution is -1.99. The van der Waals surface area contributed by atoms with E-state index >= 15 is 0 Å². The summed E-state index contributed by atoms with van der Waals surface area (Å²) >= 11 is 0. The molecule has 0 fully saturated rings. The van der Waals surface area contributed by atoms with Crippen LogP contribution in [0.4, 0.5) is 0 Å². The number of aryl methyl sites for hydroxylation is 2. The van der Waals surface area contributed by atoms with Gasteiger partial charge in [-0.2, -0.15) is 0 Å². The van der Waals surface area contributed by atoms with Gasteiger partial charge in [-0.1, -0.05) is 142 Å². The fraction of sp³-hybridized carbons (Fsp3) is 0.429. The van der Waals surface area contributed by atoms with Crippen molar-refractivity contribution >= 4 is 0 Å². The summed E-state index contributed by atoms with van der Waals surface area (Å²) in [5.74, 6) is 0.0877. The van der Waals surface area contributed by atoms with Crippen LogP contribution < -0.4 is 0 Å². The Morgan fingerprint density at radius 3 is 1.80 bits per heavy atom. The number of rotatable bonds is 23. The van der Waals surface area contributed by atoms with Crippen LogP contribution in [0.5, 0.6) is 23.0 Å². The minimum Gasteiger partial charge on any atom is -0.504 e. The van der Waals surface area contributed by atoms with Crippen LogP contribution >= 0.6 is 0 Å². The molecule has 2 aromatic carbocycles. The maximum absolute atomic E-state index is 10.6. The average molecular weight is 627 g/mol. The molecule has 0 aliphatic carbocycles. The first-order chi connectivity index (χ1) is 22.5. The van der Waals surface area contributed by atoms with Gasteiger partial charge in [-0.05, 0) is 87.6 Å². The third-order valence-corrected chi connectivity index (χ3v) is 8.28. The summed E-state index contributed by atoms with van der Waals surface area (Å²) in [6.07, 6.45) is 40.7. The SMILES string of the molecule is C\C=C/C=C/C=C\CCCCCCCCc1cc(C(/C=C/C=C/C=C\C)CCCCCCCc2cccc(O)c2O)cc(O)c1O. The van der Waals surface area contributed by atoms with Crippen molar-refractivity contribution in [1.29, 1.82) is 0 Å². The third kappa shape index (κ3) is 15.9. The number of benzene rings is 2. The van der Waals surface area contributed by atoms with E-state index in [9.17, 15) is 20.4 Å². The molecule has 250 valence electrons. The highest BCUT2D eigenvalue weighted by Gasteiger charge is 2.15. The smallest absolute Gasteiger partial charge is 0.160 e. The highest BCUT2D eigenvalue weighted by Crippen LogP contribution is 2.36. The summed E-state index contributed by atoms with van der Waals surface area (Å²) in [5.41, 5.74) is 2.69. The van der Waals surface area contributed by atoms with Crippen LogP contribution in [0.1, 0.15) is 120 Å². The first-order valence-electron chi connectivity index (χ1n) is 17.4. The molecule has 0 aliphatic heterocycles. The molecule has 0 bridgehead atoms. The number of unbranched alkanes of at least 4 members (excludes halogenated alkanes) is 10. The minimum atomic E-state index is -0.0557. The van der Waals surface area contributed by atoms with E-state index in [4.69, 9.17) is 0 Å². The number of hydrogen-bond donors (Lipinski definition) is 4. The van der Waals surface area contributed by atoms with Gasteiger partial charge >= 0.3 is 0 Å². The maximum atomic E-state index is 10.6. The summed E-state index contributed by atoms with van der Waals surface area (Å²) in [7, 11) is 0. The van der Waals surface area contributed by atoms with Crippen molar-refractivity contribution in [2.75, 3.05) is 0 Å². The van der Waals surface area contributed by atoms with Gasteiger partial charge in [0.25, 0.3) is 0 Å². The molecule has 1 atom stereocenters. The Balaban J connectivity index is 1.84. The van der Waals surface area contributed by atoms with E-state index in [1.165, 1.54) is 31.7 Å². The summed E-state index contributed by atoms with van der Waals surface area (Å²) in [6, 6.07) is 8.97. The molecule has 46 heavy (non-hydrogen) atoms. The molecule has 2 aromatic rings. The fourth-order valence-electron chi connectivity index (χ4n) is 5.61. The second-order valence-corrected chi connectivity index (χ2v) is 12.0. The van der Waals surface area contributed by atoms with Gasteiger partial charge in [-0.25, -0.2) is 0 Å². The first kappa shape index (κ1) is 38.3. The van der Waals surface area contributed by atoms with E-state index < -0.39 is 0 Å². The van der Waals surface area contributed by atoms with Crippen molar-refractivity contribution in [2.24, 2.45) is 0 Å². The van der Waals surface area contributed by atoms with Crippen LogP contribution in [0.2, 0.25) is 0 Å². The van der Waals surface area contributed by atoms with Crippen LogP contribution in [-0.2, 0) is 12.8 Å². The number of hydrogen-bond acceptors (Lipinski definition) is 4. The van der Waals surface area contributed by atoms with Crippen LogP contribution in [-0.4, -0.2) is 20.4 Å². The minimum absolute atomic E-state index is 0.000678. The lowest BCUT2D eigenvalue weighted by atomic mass is 9.89. The van der Waals surface area contributed by atoms with Gasteiger partial charge < -0.3 is 20.4 Å². The zero-order valence-electron chi connectivity index (χ0n) is 28.3. The van der Waals surface area contributed by atoms with Crippen molar-refractivity contribution in [3.63, 3.8) is 0 Å². The summed E-state index contributed by atoms with van der Waals surface area (Å²) in [6.45, 7) is 4.01. The number of phenols is 4. The molecule has 0 heterocycles. The summed E-state index contributed by atoms with van der Waals surface area (Å²) < 4.78 is 0. The quantitative estimate of drug-likeness (QED) is 0.0562. The van der Waals surface area contributed by atoms with Crippen molar-refractivity contribution in [1.82, 2.24) is 0 Å². The highest BCUT2D eigenvalue weighted by molar-refractivity contribution is 5.49. The lowest BCUT2D eigenvalue weighted by Gasteiger charge is -2.17. The molecule has 2 rings (SSSR count). The molecular formula is C42H58O4. The molecule has 1 unspecified atom stereocenters. The molecular weight excluding hydrogens is 568 g/mol. The zero-order valence-corrected chi connectivity index (χ0v) is 28.3. The van der Waals surface area contributed by atoms with Crippen LogP contribution in [0, 0.1) is 0 Å². The Kier molecular flexibility index (Phi) is 20.2. The van der Waals surface area contributed by atoms with Gasteiger partial charge in [-0.3, -0.25) is 0 Å². The topological polar surface area (TPSA) is 80.9 Å². The normalized spacial score (nSPS) is 13.2. The largest absolute Gasteiger partial charge is 0.504 e. The van der Waals surface area contributed by atoms with Crippen LogP contribution in [0.15, 0.2) is 103 Å². The van der Waals surface area contributed by atoms with E-state index in [1.54, 1.807) is 12.1 Å². The highest BCUT2D eigenvalue weighted by atomic mass is 16.3. The Hall–Kier alpha value is -3.92.